The lowest BCUT2D eigenvalue weighted by Crippen LogP contribution is -2.08. The third kappa shape index (κ3) is 2.24. The van der Waals surface area contributed by atoms with Gasteiger partial charge < -0.3 is 9.73 Å². The van der Waals surface area contributed by atoms with Gasteiger partial charge in [0.1, 0.15) is 5.76 Å². The topological polar surface area (TPSA) is 25.2 Å². The van der Waals surface area contributed by atoms with Crippen LogP contribution in [-0.4, -0.2) is 13.6 Å². The first-order valence-electron chi connectivity index (χ1n) is 4.10. The summed E-state index contributed by atoms with van der Waals surface area (Å²) >= 11 is 0. The fourth-order valence-corrected chi connectivity index (χ4v) is 1.14. The largest absolute Gasteiger partial charge is 0.469 e. The monoisotopic (exact) mass is 165 g/mol. The molecule has 0 spiro atoms. The fraction of sp³-hybridized carbons (Fsp3) is 0.400. The van der Waals surface area contributed by atoms with Gasteiger partial charge in [-0.2, -0.15) is 0 Å². The quantitative estimate of drug-likeness (QED) is 0.742. The van der Waals surface area contributed by atoms with E-state index in [9.17, 15) is 0 Å². The highest BCUT2D eigenvalue weighted by Gasteiger charge is 1.96. The van der Waals surface area contributed by atoms with Gasteiger partial charge in [-0.1, -0.05) is 11.6 Å². The second-order valence-corrected chi connectivity index (χ2v) is 2.95. The van der Waals surface area contributed by atoms with Crippen molar-refractivity contribution < 1.29 is 4.42 Å². The third-order valence-electron chi connectivity index (χ3n) is 1.76. The average molecular weight is 165 g/mol. The van der Waals surface area contributed by atoms with Crippen molar-refractivity contribution >= 4 is 6.08 Å². The number of furan rings is 1. The van der Waals surface area contributed by atoms with Gasteiger partial charge in [0.25, 0.3) is 0 Å². The number of nitrogens with one attached hydrogen (secondary N) is 1. The summed E-state index contributed by atoms with van der Waals surface area (Å²) in [5.41, 5.74) is 2.48. The molecule has 66 valence electrons. The highest BCUT2D eigenvalue weighted by atomic mass is 16.3. The molecule has 0 saturated carbocycles. The zero-order valence-electron chi connectivity index (χ0n) is 7.85. The average Bonchev–Trinajstić information content (AvgIpc) is 2.37. The summed E-state index contributed by atoms with van der Waals surface area (Å²) in [5, 5.41) is 3.10. The Morgan fingerprint density at radius 1 is 1.67 bits per heavy atom. The van der Waals surface area contributed by atoms with Gasteiger partial charge in [-0.05, 0) is 27.0 Å². The highest BCUT2D eigenvalue weighted by Crippen LogP contribution is 2.12. The number of rotatable bonds is 3. The van der Waals surface area contributed by atoms with E-state index in [1.54, 1.807) is 6.26 Å². The van der Waals surface area contributed by atoms with E-state index < -0.39 is 0 Å². The number of likely N-dealkylation sites (N-methyl/N-ethyl adjacent to an activating group) is 1. The lowest BCUT2D eigenvalue weighted by atomic mass is 10.2. The predicted molar refractivity (Wildman–Crippen MR) is 51.0 cm³/mol. The Labute approximate surface area is 73.3 Å². The van der Waals surface area contributed by atoms with Gasteiger partial charge in [0, 0.05) is 12.1 Å². The van der Waals surface area contributed by atoms with E-state index in [1.165, 1.54) is 11.1 Å². The molecular formula is C10H15NO. The number of aryl methyl sites for hydroxylation is 1. The Balaban J connectivity index is 2.73. The van der Waals surface area contributed by atoms with Crippen LogP contribution in [0.1, 0.15) is 18.2 Å². The zero-order valence-corrected chi connectivity index (χ0v) is 7.85. The van der Waals surface area contributed by atoms with Crippen LogP contribution in [0.15, 0.2) is 22.3 Å². The summed E-state index contributed by atoms with van der Waals surface area (Å²) in [6.45, 7) is 4.99. The molecule has 1 aromatic heterocycles. The molecule has 0 radical (unpaired) electrons. The zero-order chi connectivity index (χ0) is 8.97. The molecule has 0 amide bonds. The maximum Gasteiger partial charge on any atom is 0.107 e. The maximum atomic E-state index is 5.18. The van der Waals surface area contributed by atoms with Gasteiger partial charge in [0.15, 0.2) is 0 Å². The molecule has 0 fully saturated rings. The second kappa shape index (κ2) is 4.12. The van der Waals surface area contributed by atoms with Crippen molar-refractivity contribution in [2.24, 2.45) is 0 Å². The van der Waals surface area contributed by atoms with Gasteiger partial charge >= 0.3 is 0 Å². The standard InChI is InChI=1S/C10H15NO/c1-8(7-11-3)6-10-4-5-12-9(10)2/h4-6,11H,7H2,1-3H3/b8-6+. The minimum Gasteiger partial charge on any atom is -0.469 e. The molecule has 2 heteroatoms. The molecule has 0 unspecified atom stereocenters. The molecule has 0 aromatic carbocycles. The van der Waals surface area contributed by atoms with Crippen LogP contribution >= 0.6 is 0 Å². The van der Waals surface area contributed by atoms with Crippen molar-refractivity contribution in [2.75, 3.05) is 13.6 Å². The summed E-state index contributed by atoms with van der Waals surface area (Å²) < 4.78 is 5.18. The van der Waals surface area contributed by atoms with Crippen LogP contribution in [0.2, 0.25) is 0 Å². The van der Waals surface area contributed by atoms with Crippen LogP contribution in [-0.2, 0) is 0 Å². The van der Waals surface area contributed by atoms with Crippen molar-refractivity contribution in [3.63, 3.8) is 0 Å². The molecule has 0 bridgehead atoms. The SMILES string of the molecule is CNC/C(C)=C/c1ccoc1C. The third-order valence-corrected chi connectivity index (χ3v) is 1.76. The summed E-state index contributed by atoms with van der Waals surface area (Å²) in [7, 11) is 1.94. The van der Waals surface area contributed by atoms with E-state index in [-0.39, 0.29) is 0 Å². The van der Waals surface area contributed by atoms with Crippen LogP contribution < -0.4 is 5.32 Å². The van der Waals surface area contributed by atoms with E-state index >= 15 is 0 Å². The van der Waals surface area contributed by atoms with Crippen LogP contribution in [0.4, 0.5) is 0 Å². The molecule has 1 rings (SSSR count). The number of hydrogen-bond acceptors (Lipinski definition) is 2. The molecule has 12 heavy (non-hydrogen) atoms. The molecule has 2 nitrogen and oxygen atoms in total. The van der Waals surface area contributed by atoms with Crippen molar-refractivity contribution in [3.05, 3.63) is 29.2 Å². The first-order valence-corrected chi connectivity index (χ1v) is 4.10. The van der Waals surface area contributed by atoms with Crippen molar-refractivity contribution in [3.8, 4) is 0 Å². The Kier molecular flexibility index (Phi) is 3.11. The minimum absolute atomic E-state index is 0.921. The van der Waals surface area contributed by atoms with Crippen molar-refractivity contribution in [1.29, 1.82) is 0 Å². The minimum atomic E-state index is 0.921. The Morgan fingerprint density at radius 2 is 2.42 bits per heavy atom. The fourth-order valence-electron chi connectivity index (χ4n) is 1.14. The molecule has 1 aromatic rings. The lowest BCUT2D eigenvalue weighted by Gasteiger charge is -1.97. The first-order chi connectivity index (χ1) is 5.74. The highest BCUT2D eigenvalue weighted by molar-refractivity contribution is 5.53. The molecule has 0 aliphatic rings. The van der Waals surface area contributed by atoms with E-state index in [1.807, 2.05) is 20.0 Å². The second-order valence-electron chi connectivity index (χ2n) is 2.95. The maximum absolute atomic E-state index is 5.18. The van der Waals surface area contributed by atoms with E-state index in [0.29, 0.717) is 0 Å². The van der Waals surface area contributed by atoms with E-state index in [0.717, 1.165) is 12.3 Å². The van der Waals surface area contributed by atoms with Gasteiger partial charge in [-0.25, -0.2) is 0 Å². The summed E-state index contributed by atoms with van der Waals surface area (Å²) in [6.07, 6.45) is 3.85. The van der Waals surface area contributed by atoms with Crippen LogP contribution in [0.3, 0.4) is 0 Å². The van der Waals surface area contributed by atoms with Gasteiger partial charge in [0.05, 0.1) is 6.26 Å². The molecule has 0 aliphatic carbocycles. The Bertz CT molecular complexity index is 273. The molecular weight excluding hydrogens is 150 g/mol. The van der Waals surface area contributed by atoms with E-state index in [2.05, 4.69) is 18.3 Å². The number of hydrogen-bond donors (Lipinski definition) is 1. The lowest BCUT2D eigenvalue weighted by molar-refractivity contribution is 0.533. The Morgan fingerprint density at radius 3 is 2.92 bits per heavy atom. The summed E-state index contributed by atoms with van der Waals surface area (Å²) in [6, 6.07) is 1.98. The van der Waals surface area contributed by atoms with E-state index in [4.69, 9.17) is 4.42 Å². The Hall–Kier alpha value is -1.02. The van der Waals surface area contributed by atoms with Gasteiger partial charge in [-0.15, -0.1) is 0 Å². The smallest absolute Gasteiger partial charge is 0.107 e. The molecule has 0 atom stereocenters. The summed E-state index contributed by atoms with van der Waals surface area (Å²) in [4.78, 5) is 0. The van der Waals surface area contributed by atoms with Crippen molar-refractivity contribution in [2.45, 2.75) is 13.8 Å². The molecule has 0 aliphatic heterocycles. The van der Waals surface area contributed by atoms with Gasteiger partial charge in [0.2, 0.25) is 0 Å². The molecule has 1 N–H and O–H groups in total. The normalized spacial score (nSPS) is 12.1. The van der Waals surface area contributed by atoms with Crippen LogP contribution in [0.5, 0.6) is 0 Å². The first kappa shape index (κ1) is 9.07. The molecule has 1 heterocycles. The summed E-state index contributed by atoms with van der Waals surface area (Å²) in [5.74, 6) is 0.977. The van der Waals surface area contributed by atoms with Crippen molar-refractivity contribution in [1.82, 2.24) is 5.32 Å². The van der Waals surface area contributed by atoms with Gasteiger partial charge in [-0.3, -0.25) is 0 Å². The van der Waals surface area contributed by atoms with Crippen LogP contribution in [0, 0.1) is 6.92 Å². The molecule has 0 saturated heterocycles. The predicted octanol–water partition coefficient (Wildman–Crippen LogP) is 2.21. The van der Waals surface area contributed by atoms with Crippen LogP contribution in [0.25, 0.3) is 6.08 Å².